The summed E-state index contributed by atoms with van der Waals surface area (Å²) in [5.41, 5.74) is 15.2. The highest BCUT2D eigenvalue weighted by Gasteiger charge is 2.43. The molecule has 0 fully saturated rings. The number of amides is 4. The zero-order chi connectivity index (χ0) is 55.0. The molecular formula is C59H67FN8O8S. The SMILES string of the molecule is CCC1(CC)CC(=O)N(C(CCS(C)(=O)=O)c2cccc(C(=O)N[C@H]3CC(C)(C)Oc4ccc(C5C[C@H](NC(=O)c6cc(F)cc(CN7C(=O)C[C@](CC)(c8ccccc8)N=C7N)c6)c6ccccc6O5)cc43)c2)C(N)=N1. The van der Waals surface area contributed by atoms with E-state index in [4.69, 9.17) is 30.9 Å². The predicted molar refractivity (Wildman–Crippen MR) is 292 cm³/mol. The van der Waals surface area contributed by atoms with Crippen molar-refractivity contribution >= 4 is 45.4 Å². The molecule has 16 nitrogen and oxygen atoms in total. The largest absolute Gasteiger partial charge is 0.487 e. The van der Waals surface area contributed by atoms with Crippen LogP contribution in [0.5, 0.6) is 11.5 Å². The maximum absolute atomic E-state index is 15.4. The van der Waals surface area contributed by atoms with Crippen LogP contribution in [0.25, 0.3) is 0 Å². The molecule has 0 spiro atoms. The average Bonchev–Trinajstić information content (AvgIpc) is 3.40. The molecule has 0 saturated heterocycles. The minimum absolute atomic E-state index is 0.0159. The molecule has 77 heavy (non-hydrogen) atoms. The Hall–Kier alpha value is -7.60. The zero-order valence-corrected chi connectivity index (χ0v) is 45.2. The van der Waals surface area contributed by atoms with Crippen molar-refractivity contribution in [1.82, 2.24) is 20.4 Å². The number of nitrogens with one attached hydrogen (secondary N) is 2. The lowest BCUT2D eigenvalue weighted by Crippen LogP contribution is -2.52. The Balaban J connectivity index is 0.945. The van der Waals surface area contributed by atoms with Gasteiger partial charge in [-0.15, -0.1) is 0 Å². The number of aliphatic imine (C=N–C) groups is 2. The van der Waals surface area contributed by atoms with Crippen LogP contribution >= 0.6 is 0 Å². The van der Waals surface area contributed by atoms with Crippen LogP contribution in [0.1, 0.15) is 164 Å². The molecule has 0 bridgehead atoms. The fourth-order valence-electron chi connectivity index (χ4n) is 11.3. The molecule has 404 valence electrons. The zero-order valence-electron chi connectivity index (χ0n) is 44.3. The number of hydrogen-bond donors (Lipinski definition) is 4. The fraction of sp³-hybridized carbons (Fsp3) is 0.390. The van der Waals surface area contributed by atoms with Gasteiger partial charge in [-0.05, 0) is 110 Å². The topological polar surface area (TPSA) is 228 Å². The summed E-state index contributed by atoms with van der Waals surface area (Å²) in [7, 11) is -3.45. The lowest BCUT2D eigenvalue weighted by Gasteiger charge is -2.40. The maximum atomic E-state index is 15.4. The molecule has 4 heterocycles. The molecule has 0 radical (unpaired) electrons. The molecule has 5 aromatic carbocycles. The predicted octanol–water partition coefficient (Wildman–Crippen LogP) is 8.79. The van der Waals surface area contributed by atoms with Crippen LogP contribution in [-0.4, -0.2) is 76.9 Å². The standard InChI is InChI=1S/C59H67FN8O8S/c1-7-58(8-2)33-52(70)68(56(62)65-58)47(24-25-77(6,73)74)37-16-15-17-39(28-37)53(71)64-46-32-57(4,5)76-49-23-22-38(30-44(46)49)50-31-45(43-20-13-14-21-48(43)75-50)63-54(72)40-26-36(27-42(60)29-40)35-67-51(69)34-59(9-3,66-55(67)61)41-18-11-10-12-19-41/h10-23,26-30,45-47,50H,7-9,24-25,31-35H2,1-6H3,(H2,61,66)(H2,62,65)(H,63,72)(H,64,71)/t45-,46-,47?,50?,59+/m0/s1. The third kappa shape index (κ3) is 11.6. The molecule has 2 unspecified atom stereocenters. The first-order valence-electron chi connectivity index (χ1n) is 26.3. The number of sulfone groups is 1. The minimum Gasteiger partial charge on any atom is -0.487 e. The first kappa shape index (κ1) is 54.2. The van der Waals surface area contributed by atoms with Crippen LogP contribution in [0, 0.1) is 5.82 Å². The van der Waals surface area contributed by atoms with Crippen molar-refractivity contribution in [2.75, 3.05) is 12.0 Å². The molecule has 5 atom stereocenters. The quantitative estimate of drug-likeness (QED) is 0.0734. The molecule has 5 aromatic rings. The van der Waals surface area contributed by atoms with Gasteiger partial charge >= 0.3 is 0 Å². The van der Waals surface area contributed by atoms with E-state index in [-0.39, 0.29) is 60.9 Å². The summed E-state index contributed by atoms with van der Waals surface area (Å²) in [6, 6.07) is 31.5. The van der Waals surface area contributed by atoms with Crippen molar-refractivity contribution in [2.45, 2.75) is 133 Å². The molecule has 0 saturated carbocycles. The van der Waals surface area contributed by atoms with Crippen molar-refractivity contribution in [3.05, 3.63) is 166 Å². The van der Waals surface area contributed by atoms with Gasteiger partial charge in [0.05, 0.1) is 54.3 Å². The van der Waals surface area contributed by atoms with Crippen LogP contribution in [0.2, 0.25) is 0 Å². The number of ether oxygens (including phenoxy) is 2. The molecule has 0 aromatic heterocycles. The van der Waals surface area contributed by atoms with E-state index in [1.807, 2.05) is 107 Å². The second-order valence-electron chi connectivity index (χ2n) is 21.4. The Bertz CT molecular complexity index is 3290. The van der Waals surface area contributed by atoms with Gasteiger partial charge in [0.25, 0.3) is 11.8 Å². The molecular weight excluding hydrogens is 1000 g/mol. The highest BCUT2D eigenvalue weighted by molar-refractivity contribution is 7.90. The Morgan fingerprint density at radius 3 is 2.18 bits per heavy atom. The normalized spacial score (nSPS) is 22.0. The van der Waals surface area contributed by atoms with Crippen LogP contribution in [0.4, 0.5) is 4.39 Å². The Labute approximate surface area is 449 Å². The van der Waals surface area contributed by atoms with Gasteiger partial charge in [0, 0.05) is 41.4 Å². The van der Waals surface area contributed by atoms with Crippen LogP contribution in [0.15, 0.2) is 125 Å². The van der Waals surface area contributed by atoms with Gasteiger partial charge in [0.2, 0.25) is 11.8 Å². The number of para-hydroxylation sites is 1. The van der Waals surface area contributed by atoms with Crippen molar-refractivity contribution in [3.63, 3.8) is 0 Å². The van der Waals surface area contributed by atoms with Gasteiger partial charge in [0.15, 0.2) is 11.9 Å². The summed E-state index contributed by atoms with van der Waals surface area (Å²) in [4.78, 5) is 68.5. The molecule has 0 aliphatic carbocycles. The molecule has 18 heteroatoms. The number of halogens is 1. The number of fused-ring (bicyclic) bond motifs is 2. The van der Waals surface area contributed by atoms with Gasteiger partial charge in [-0.2, -0.15) is 0 Å². The summed E-state index contributed by atoms with van der Waals surface area (Å²) in [5, 5.41) is 6.37. The average molecular weight is 1070 g/mol. The highest BCUT2D eigenvalue weighted by atomic mass is 32.2. The van der Waals surface area contributed by atoms with E-state index in [2.05, 4.69) is 10.6 Å². The lowest BCUT2D eigenvalue weighted by molar-refractivity contribution is -0.132. The molecule has 9 rings (SSSR count). The van der Waals surface area contributed by atoms with E-state index >= 15 is 4.39 Å². The third-order valence-corrected chi connectivity index (χ3v) is 16.5. The van der Waals surface area contributed by atoms with Gasteiger partial charge < -0.3 is 31.6 Å². The van der Waals surface area contributed by atoms with Crippen LogP contribution in [0.3, 0.4) is 0 Å². The molecule has 4 aliphatic rings. The number of nitrogens with zero attached hydrogens (tertiary/aromatic N) is 4. The monoisotopic (exact) mass is 1070 g/mol. The summed E-state index contributed by atoms with van der Waals surface area (Å²) in [6.45, 7) is 9.66. The number of guanidine groups is 2. The van der Waals surface area contributed by atoms with Crippen molar-refractivity contribution in [3.8, 4) is 11.5 Å². The number of carbonyl (C=O) groups excluding carboxylic acids is 4. The highest BCUT2D eigenvalue weighted by Crippen LogP contribution is 2.46. The first-order chi connectivity index (χ1) is 36.6. The van der Waals surface area contributed by atoms with E-state index in [0.29, 0.717) is 65.9 Å². The van der Waals surface area contributed by atoms with Crippen LogP contribution < -0.4 is 31.6 Å². The summed E-state index contributed by atoms with van der Waals surface area (Å²) >= 11 is 0. The Morgan fingerprint density at radius 1 is 0.766 bits per heavy atom. The second-order valence-corrected chi connectivity index (χ2v) is 23.7. The van der Waals surface area contributed by atoms with Gasteiger partial charge in [-0.25, -0.2) is 22.8 Å². The van der Waals surface area contributed by atoms with Crippen LogP contribution in [-0.2, 0) is 31.5 Å². The maximum Gasteiger partial charge on any atom is 0.251 e. The minimum atomic E-state index is -3.45. The van der Waals surface area contributed by atoms with Crippen molar-refractivity contribution in [2.24, 2.45) is 21.5 Å². The lowest BCUT2D eigenvalue weighted by atomic mass is 9.83. The number of hydrogen-bond acceptors (Lipinski definition) is 12. The fourth-order valence-corrected chi connectivity index (χ4v) is 11.9. The van der Waals surface area contributed by atoms with E-state index in [9.17, 15) is 27.6 Å². The summed E-state index contributed by atoms with van der Waals surface area (Å²) in [5.74, 6) is -1.19. The first-order valence-corrected chi connectivity index (χ1v) is 28.3. The number of nitrogens with two attached hydrogens (primary N) is 2. The number of carbonyl (C=O) groups is 4. The second kappa shape index (κ2) is 21.4. The van der Waals surface area contributed by atoms with Gasteiger partial charge in [-0.3, -0.25) is 29.0 Å². The van der Waals surface area contributed by atoms with Crippen molar-refractivity contribution < 1.29 is 41.5 Å². The third-order valence-electron chi connectivity index (χ3n) is 15.6. The number of benzene rings is 5. The number of rotatable bonds is 16. The van der Waals surface area contributed by atoms with E-state index < -0.39 is 68.4 Å². The summed E-state index contributed by atoms with van der Waals surface area (Å²) < 4.78 is 53.5. The van der Waals surface area contributed by atoms with Gasteiger partial charge in [-0.1, -0.05) is 87.5 Å². The Kier molecular flexibility index (Phi) is 15.1. The Morgan fingerprint density at radius 2 is 1.48 bits per heavy atom. The summed E-state index contributed by atoms with van der Waals surface area (Å²) in [6.07, 6.45) is 3.25. The van der Waals surface area contributed by atoms with E-state index in [1.165, 1.54) is 15.9 Å². The smallest absolute Gasteiger partial charge is 0.251 e. The molecule has 4 amide bonds. The molecule has 6 N–H and O–H groups in total. The van der Waals surface area contributed by atoms with E-state index in [1.54, 1.807) is 30.3 Å². The van der Waals surface area contributed by atoms with Gasteiger partial charge in [0.1, 0.15) is 38.9 Å². The molecule has 4 aliphatic heterocycles. The van der Waals surface area contributed by atoms with Crippen molar-refractivity contribution in [1.29, 1.82) is 0 Å². The van der Waals surface area contributed by atoms with E-state index in [0.717, 1.165) is 29.0 Å².